The number of hydrogen-bond donors (Lipinski definition) is 3. The number of likely N-dealkylation sites (tertiary alicyclic amines) is 1. The van der Waals surface area contributed by atoms with E-state index in [4.69, 9.17) is 10.5 Å². The Labute approximate surface area is 223 Å². The largest absolute Gasteiger partial charge is 0.390 e. The van der Waals surface area contributed by atoms with E-state index in [1.165, 1.54) is 12.0 Å². The molecule has 38 heavy (non-hydrogen) atoms. The van der Waals surface area contributed by atoms with Crippen LogP contribution in [0.4, 0.5) is 0 Å². The lowest BCUT2D eigenvalue weighted by molar-refractivity contribution is -0.177. The zero-order valence-electron chi connectivity index (χ0n) is 22.0. The van der Waals surface area contributed by atoms with Gasteiger partial charge in [0.15, 0.2) is 0 Å². The molecule has 6 heteroatoms. The summed E-state index contributed by atoms with van der Waals surface area (Å²) >= 11 is 0. The van der Waals surface area contributed by atoms with Gasteiger partial charge in [0.1, 0.15) is 5.60 Å². The Morgan fingerprint density at radius 1 is 1.13 bits per heavy atom. The maximum Gasteiger partial charge on any atom is 0.121 e. The first-order valence-electron chi connectivity index (χ1n) is 14.6. The SMILES string of the molecule is C[C@]12CC=C3C=C4[C@H]5C[C@H]5[C@@H](N5CC(N)C5)C[C@]45CCC3(O5)[C@@H]1C[C@@H](O)[C@]2(O)c1ccc2ccncc2c1. The Morgan fingerprint density at radius 3 is 2.84 bits per heavy atom. The number of aliphatic hydroxyl groups excluding tert-OH is 1. The van der Waals surface area contributed by atoms with Crippen molar-refractivity contribution in [1.29, 1.82) is 0 Å². The van der Waals surface area contributed by atoms with Gasteiger partial charge in [0, 0.05) is 54.3 Å². The highest BCUT2D eigenvalue weighted by atomic mass is 16.5. The Morgan fingerprint density at radius 2 is 2.00 bits per heavy atom. The van der Waals surface area contributed by atoms with Crippen molar-refractivity contribution in [3.05, 3.63) is 65.5 Å². The minimum atomic E-state index is -1.36. The van der Waals surface area contributed by atoms with E-state index in [1.807, 2.05) is 30.5 Å². The fourth-order valence-electron chi connectivity index (χ4n) is 10.2. The Hall–Kier alpha value is -2.09. The van der Waals surface area contributed by atoms with E-state index in [0.29, 0.717) is 24.4 Å². The molecule has 2 spiro atoms. The molecule has 3 saturated carbocycles. The lowest BCUT2D eigenvalue weighted by Crippen LogP contribution is -2.63. The van der Waals surface area contributed by atoms with Crippen molar-refractivity contribution >= 4 is 10.8 Å². The van der Waals surface area contributed by atoms with Crippen LogP contribution in [0.15, 0.2) is 60.0 Å². The molecule has 7 aliphatic rings. The van der Waals surface area contributed by atoms with Crippen LogP contribution >= 0.6 is 0 Å². The number of aromatic nitrogens is 1. The second kappa shape index (κ2) is 6.97. The maximum atomic E-state index is 12.5. The number of pyridine rings is 1. The van der Waals surface area contributed by atoms with Gasteiger partial charge in [-0.25, -0.2) is 0 Å². The first-order valence-corrected chi connectivity index (χ1v) is 14.6. The van der Waals surface area contributed by atoms with Crippen molar-refractivity contribution in [2.45, 2.75) is 80.4 Å². The normalized spacial score (nSPS) is 48.9. The zero-order valence-corrected chi connectivity index (χ0v) is 22.0. The highest BCUT2D eigenvalue weighted by molar-refractivity contribution is 5.82. The minimum absolute atomic E-state index is 0.0459. The zero-order chi connectivity index (χ0) is 25.7. The maximum absolute atomic E-state index is 12.5. The molecule has 9 rings (SSSR count). The van der Waals surface area contributed by atoms with Gasteiger partial charge >= 0.3 is 0 Å². The van der Waals surface area contributed by atoms with Crippen LogP contribution in [0.25, 0.3) is 10.8 Å². The van der Waals surface area contributed by atoms with Crippen molar-refractivity contribution < 1.29 is 14.9 Å². The van der Waals surface area contributed by atoms with Gasteiger partial charge < -0.3 is 20.7 Å². The van der Waals surface area contributed by atoms with Crippen molar-refractivity contribution in [3.8, 4) is 0 Å². The van der Waals surface area contributed by atoms with Crippen molar-refractivity contribution in [2.75, 3.05) is 13.1 Å². The minimum Gasteiger partial charge on any atom is -0.390 e. The molecule has 6 nitrogen and oxygen atoms in total. The van der Waals surface area contributed by atoms with E-state index < -0.39 is 22.7 Å². The molecule has 198 valence electrons. The van der Waals surface area contributed by atoms with E-state index in [0.717, 1.165) is 61.0 Å². The summed E-state index contributed by atoms with van der Waals surface area (Å²) in [5, 5.41) is 26.3. The molecule has 3 aliphatic heterocycles. The van der Waals surface area contributed by atoms with E-state index in [1.54, 1.807) is 11.8 Å². The summed E-state index contributed by atoms with van der Waals surface area (Å²) < 4.78 is 7.45. The fourth-order valence-corrected chi connectivity index (χ4v) is 10.2. The van der Waals surface area contributed by atoms with Gasteiger partial charge in [-0.1, -0.05) is 31.2 Å². The first-order chi connectivity index (χ1) is 18.3. The second-order valence-corrected chi connectivity index (χ2v) is 13.9. The molecule has 0 amide bonds. The quantitative estimate of drug-likeness (QED) is 0.572. The molecule has 1 unspecified atom stereocenters. The number of nitrogens with two attached hydrogens (primary N) is 1. The Bertz CT molecular complexity index is 1450. The summed E-state index contributed by atoms with van der Waals surface area (Å²) in [6, 6.07) is 8.96. The van der Waals surface area contributed by atoms with Crippen LogP contribution in [0.2, 0.25) is 0 Å². The second-order valence-electron chi connectivity index (χ2n) is 13.9. The van der Waals surface area contributed by atoms with E-state index in [-0.39, 0.29) is 11.5 Å². The molecule has 4 N–H and O–H groups in total. The highest BCUT2D eigenvalue weighted by Crippen LogP contribution is 2.73. The third-order valence-corrected chi connectivity index (χ3v) is 12.3. The third-order valence-electron chi connectivity index (χ3n) is 12.3. The van der Waals surface area contributed by atoms with Crippen LogP contribution in [0.3, 0.4) is 0 Å². The number of ether oxygens (including phenoxy) is 1. The van der Waals surface area contributed by atoms with Crippen molar-refractivity contribution in [3.63, 3.8) is 0 Å². The molecule has 5 fully saturated rings. The number of fused-ring (bicyclic) bond motifs is 4. The van der Waals surface area contributed by atoms with Gasteiger partial charge in [0.05, 0.1) is 17.3 Å². The molecule has 1 aromatic heterocycles. The van der Waals surface area contributed by atoms with E-state index >= 15 is 0 Å². The fraction of sp³-hybridized carbons (Fsp3) is 0.594. The summed E-state index contributed by atoms with van der Waals surface area (Å²) in [5.41, 5.74) is 7.30. The molecular formula is C32H37N3O3. The van der Waals surface area contributed by atoms with Crippen molar-refractivity contribution in [2.24, 2.45) is 28.9 Å². The number of allylic oxidation sites excluding steroid dienone is 1. The summed E-state index contributed by atoms with van der Waals surface area (Å²) in [6.45, 7) is 4.22. The predicted octanol–water partition coefficient (Wildman–Crippen LogP) is 3.42. The number of benzene rings is 1. The predicted molar refractivity (Wildman–Crippen MR) is 144 cm³/mol. The van der Waals surface area contributed by atoms with Gasteiger partial charge in [0.2, 0.25) is 0 Å². The van der Waals surface area contributed by atoms with Crippen LogP contribution in [0.1, 0.15) is 51.0 Å². The summed E-state index contributed by atoms with van der Waals surface area (Å²) in [6.07, 6.45) is 13.3. The summed E-state index contributed by atoms with van der Waals surface area (Å²) in [5.74, 6) is 1.45. The Balaban J connectivity index is 1.13. The molecule has 1 aromatic carbocycles. The number of aliphatic hydroxyl groups is 2. The Kier molecular flexibility index (Phi) is 4.16. The topological polar surface area (TPSA) is 91.8 Å². The van der Waals surface area contributed by atoms with Crippen LogP contribution in [0, 0.1) is 23.2 Å². The lowest BCUT2D eigenvalue weighted by atomic mass is 9.56. The summed E-state index contributed by atoms with van der Waals surface area (Å²) in [4.78, 5) is 6.90. The van der Waals surface area contributed by atoms with Gasteiger partial charge in [-0.2, -0.15) is 0 Å². The molecular weight excluding hydrogens is 474 g/mol. The van der Waals surface area contributed by atoms with E-state index in [2.05, 4.69) is 29.0 Å². The lowest BCUT2D eigenvalue weighted by Gasteiger charge is -2.56. The molecule has 2 bridgehead atoms. The van der Waals surface area contributed by atoms with Crippen LogP contribution in [0.5, 0.6) is 0 Å². The van der Waals surface area contributed by atoms with Gasteiger partial charge in [-0.3, -0.25) is 9.88 Å². The molecule has 9 atom stereocenters. The number of hydrogen-bond acceptors (Lipinski definition) is 6. The monoisotopic (exact) mass is 511 g/mol. The standard InChI is InChI=1S/C32H37N3O3/c1-29-6-4-20-11-25-23-12-24(23)26(35-16-22(33)17-35)14-30(25)7-8-31(20,38-30)27(29)13-28(36)32(29,37)21-3-2-18-5-9-34-15-19(18)10-21/h2-5,9-11,15,22-24,26-28,36-37H,6-8,12-14,16-17,33H2,1H3/t23-,24+,26-,27+,28+,29-,30+,31?,32+/m0/s1. The molecule has 4 heterocycles. The van der Waals surface area contributed by atoms with Crippen LogP contribution in [-0.2, 0) is 10.3 Å². The first kappa shape index (κ1) is 22.7. The van der Waals surface area contributed by atoms with Crippen LogP contribution < -0.4 is 5.73 Å². The van der Waals surface area contributed by atoms with Gasteiger partial charge in [0.25, 0.3) is 0 Å². The third kappa shape index (κ3) is 2.51. The number of nitrogens with zero attached hydrogens (tertiary/aromatic N) is 2. The summed E-state index contributed by atoms with van der Waals surface area (Å²) in [7, 11) is 0. The van der Waals surface area contributed by atoms with E-state index in [9.17, 15) is 10.2 Å². The average molecular weight is 512 g/mol. The smallest absolute Gasteiger partial charge is 0.121 e. The molecule has 2 aromatic rings. The van der Waals surface area contributed by atoms with Crippen molar-refractivity contribution in [1.82, 2.24) is 9.88 Å². The van der Waals surface area contributed by atoms with Gasteiger partial charge in [-0.15, -0.1) is 0 Å². The molecule has 0 radical (unpaired) electrons. The molecule has 4 aliphatic carbocycles. The van der Waals surface area contributed by atoms with Crippen LogP contribution in [-0.4, -0.2) is 62.6 Å². The highest BCUT2D eigenvalue weighted by Gasteiger charge is 2.74. The van der Waals surface area contributed by atoms with Gasteiger partial charge in [-0.05, 0) is 84.6 Å². The average Bonchev–Trinajstić information content (AvgIpc) is 3.60. The molecule has 2 saturated heterocycles. The number of rotatable bonds is 2.